The Hall–Kier alpha value is -1.38. The lowest BCUT2D eigenvalue weighted by molar-refractivity contribution is 0.751. The smallest absolute Gasteiger partial charge is 0.191 e. The van der Waals surface area contributed by atoms with Gasteiger partial charge in [-0.2, -0.15) is 0 Å². The number of nitrogens with one attached hydrogen (secondary N) is 2. The Morgan fingerprint density at radius 3 is 3.00 bits per heavy atom. The van der Waals surface area contributed by atoms with Crippen molar-refractivity contribution in [3.05, 3.63) is 30.2 Å². The van der Waals surface area contributed by atoms with E-state index in [1.54, 1.807) is 0 Å². The number of fused-ring (bicyclic) bond motifs is 1. The van der Waals surface area contributed by atoms with Crippen molar-refractivity contribution in [1.29, 1.82) is 0 Å². The van der Waals surface area contributed by atoms with Gasteiger partial charge in [-0.05, 0) is 38.3 Å². The molecule has 0 radical (unpaired) electrons. The van der Waals surface area contributed by atoms with Gasteiger partial charge in [0.25, 0.3) is 0 Å². The van der Waals surface area contributed by atoms with Crippen LogP contribution in [0.4, 0.5) is 0 Å². The minimum atomic E-state index is 0. The summed E-state index contributed by atoms with van der Waals surface area (Å²) in [5, 5.41) is 15.1. The van der Waals surface area contributed by atoms with Crippen LogP contribution in [0.3, 0.4) is 0 Å². The lowest BCUT2D eigenvalue weighted by atomic mass is 10.3. The predicted octanol–water partition coefficient (Wildman–Crippen LogP) is 2.00. The summed E-state index contributed by atoms with van der Waals surface area (Å²) in [5.41, 5.74) is 0.903. The molecular weight excluding hydrogens is 391 g/mol. The summed E-state index contributed by atoms with van der Waals surface area (Å²) >= 11 is 0. The van der Waals surface area contributed by atoms with E-state index in [0.29, 0.717) is 6.04 Å². The van der Waals surface area contributed by atoms with Crippen LogP contribution in [0.1, 0.15) is 32.0 Å². The summed E-state index contributed by atoms with van der Waals surface area (Å²) in [6.45, 7) is 3.78. The van der Waals surface area contributed by atoms with Gasteiger partial charge in [0.15, 0.2) is 11.6 Å². The Morgan fingerprint density at radius 2 is 2.23 bits per heavy atom. The number of guanidine groups is 1. The molecular formula is C15H23IN6. The van der Waals surface area contributed by atoms with E-state index >= 15 is 0 Å². The fourth-order valence-electron chi connectivity index (χ4n) is 2.23. The Labute approximate surface area is 147 Å². The molecule has 0 bridgehead atoms. The van der Waals surface area contributed by atoms with Crippen LogP contribution >= 0.6 is 24.0 Å². The SMILES string of the molecule is CCNC(=NCCCc1nnc2ccccn12)NC1CC1.I. The van der Waals surface area contributed by atoms with Gasteiger partial charge in [-0.25, -0.2) is 0 Å². The maximum Gasteiger partial charge on any atom is 0.191 e. The van der Waals surface area contributed by atoms with E-state index in [4.69, 9.17) is 0 Å². The second kappa shape index (κ2) is 8.30. The van der Waals surface area contributed by atoms with Crippen LogP contribution < -0.4 is 10.6 Å². The van der Waals surface area contributed by atoms with Crippen molar-refractivity contribution in [3.63, 3.8) is 0 Å². The first-order valence-electron chi connectivity index (χ1n) is 7.70. The summed E-state index contributed by atoms with van der Waals surface area (Å²) in [7, 11) is 0. The van der Waals surface area contributed by atoms with E-state index in [1.165, 1.54) is 12.8 Å². The van der Waals surface area contributed by atoms with Crippen LogP contribution in [0.15, 0.2) is 29.4 Å². The number of hydrogen-bond acceptors (Lipinski definition) is 3. The minimum absolute atomic E-state index is 0. The zero-order chi connectivity index (χ0) is 14.5. The van der Waals surface area contributed by atoms with Crippen molar-refractivity contribution in [2.75, 3.05) is 13.1 Å². The maximum absolute atomic E-state index is 4.61. The van der Waals surface area contributed by atoms with Gasteiger partial charge in [-0.3, -0.25) is 9.39 Å². The molecule has 3 rings (SSSR count). The van der Waals surface area contributed by atoms with Gasteiger partial charge < -0.3 is 10.6 Å². The molecule has 22 heavy (non-hydrogen) atoms. The molecule has 7 heteroatoms. The highest BCUT2D eigenvalue weighted by Gasteiger charge is 2.21. The average molecular weight is 414 g/mol. The summed E-state index contributed by atoms with van der Waals surface area (Å²) in [5.74, 6) is 1.94. The zero-order valence-corrected chi connectivity index (χ0v) is 15.2. The van der Waals surface area contributed by atoms with E-state index in [1.807, 2.05) is 28.8 Å². The monoisotopic (exact) mass is 414 g/mol. The van der Waals surface area contributed by atoms with Gasteiger partial charge in [-0.15, -0.1) is 34.2 Å². The van der Waals surface area contributed by atoms with E-state index in [-0.39, 0.29) is 24.0 Å². The topological polar surface area (TPSA) is 66.6 Å². The van der Waals surface area contributed by atoms with Crippen molar-refractivity contribution < 1.29 is 0 Å². The minimum Gasteiger partial charge on any atom is -0.357 e. The van der Waals surface area contributed by atoms with Crippen molar-refractivity contribution in [2.45, 2.75) is 38.6 Å². The van der Waals surface area contributed by atoms with Crippen LogP contribution in [-0.4, -0.2) is 39.7 Å². The molecule has 0 aliphatic heterocycles. The summed E-state index contributed by atoms with van der Waals surface area (Å²) in [6, 6.07) is 6.58. The number of aliphatic imine (C=N–C) groups is 1. The fourth-order valence-corrected chi connectivity index (χ4v) is 2.23. The molecule has 1 aliphatic rings. The molecule has 1 saturated carbocycles. The van der Waals surface area contributed by atoms with Gasteiger partial charge in [0, 0.05) is 31.7 Å². The molecule has 1 fully saturated rings. The van der Waals surface area contributed by atoms with Crippen LogP contribution in [0.5, 0.6) is 0 Å². The Balaban J connectivity index is 0.00000176. The van der Waals surface area contributed by atoms with E-state index < -0.39 is 0 Å². The van der Waals surface area contributed by atoms with E-state index in [0.717, 1.165) is 43.4 Å². The van der Waals surface area contributed by atoms with E-state index in [2.05, 4.69) is 32.7 Å². The first-order chi connectivity index (χ1) is 10.4. The third-order valence-electron chi connectivity index (χ3n) is 3.48. The number of pyridine rings is 1. The second-order valence-electron chi connectivity index (χ2n) is 5.33. The lowest BCUT2D eigenvalue weighted by Gasteiger charge is -2.09. The largest absolute Gasteiger partial charge is 0.357 e. The van der Waals surface area contributed by atoms with Gasteiger partial charge in [-0.1, -0.05) is 6.07 Å². The molecule has 2 N–H and O–H groups in total. The van der Waals surface area contributed by atoms with Gasteiger partial charge in [0.05, 0.1) is 0 Å². The normalized spacial score (nSPS) is 14.7. The Morgan fingerprint density at radius 1 is 1.36 bits per heavy atom. The first-order valence-corrected chi connectivity index (χ1v) is 7.70. The molecule has 0 unspecified atom stereocenters. The Bertz CT molecular complexity index is 619. The summed E-state index contributed by atoms with van der Waals surface area (Å²) in [6.07, 6.45) is 6.38. The van der Waals surface area contributed by atoms with Crippen molar-refractivity contribution >= 4 is 35.6 Å². The number of rotatable bonds is 6. The van der Waals surface area contributed by atoms with Gasteiger partial charge in [0.1, 0.15) is 5.82 Å². The number of nitrogens with zero attached hydrogens (tertiary/aromatic N) is 4. The molecule has 2 aromatic heterocycles. The highest BCUT2D eigenvalue weighted by atomic mass is 127. The van der Waals surface area contributed by atoms with Crippen LogP contribution in [-0.2, 0) is 6.42 Å². The maximum atomic E-state index is 4.61. The van der Waals surface area contributed by atoms with Crippen LogP contribution in [0.2, 0.25) is 0 Å². The van der Waals surface area contributed by atoms with Crippen LogP contribution in [0.25, 0.3) is 5.65 Å². The van der Waals surface area contributed by atoms with Crippen LogP contribution in [0, 0.1) is 0 Å². The highest BCUT2D eigenvalue weighted by molar-refractivity contribution is 14.0. The highest BCUT2D eigenvalue weighted by Crippen LogP contribution is 2.18. The summed E-state index contributed by atoms with van der Waals surface area (Å²) in [4.78, 5) is 4.61. The molecule has 0 saturated heterocycles. The first kappa shape index (κ1) is 17.0. The molecule has 0 spiro atoms. The lowest BCUT2D eigenvalue weighted by Crippen LogP contribution is -2.38. The number of aryl methyl sites for hydroxylation is 1. The summed E-state index contributed by atoms with van der Waals surface area (Å²) < 4.78 is 2.04. The Kier molecular flexibility index (Phi) is 6.41. The number of aromatic nitrogens is 3. The fraction of sp³-hybridized carbons (Fsp3) is 0.533. The molecule has 0 atom stereocenters. The van der Waals surface area contributed by atoms with E-state index in [9.17, 15) is 0 Å². The quantitative estimate of drug-likeness (QED) is 0.329. The average Bonchev–Trinajstić information content (AvgIpc) is 3.22. The molecule has 1 aliphatic carbocycles. The van der Waals surface area contributed by atoms with Gasteiger partial charge in [0.2, 0.25) is 0 Å². The molecule has 2 heterocycles. The van der Waals surface area contributed by atoms with Crippen molar-refractivity contribution in [3.8, 4) is 0 Å². The molecule has 0 amide bonds. The predicted molar refractivity (Wildman–Crippen MR) is 98.9 cm³/mol. The van der Waals surface area contributed by atoms with Crippen molar-refractivity contribution in [1.82, 2.24) is 25.2 Å². The second-order valence-corrected chi connectivity index (χ2v) is 5.33. The molecule has 0 aromatic carbocycles. The third-order valence-corrected chi connectivity index (χ3v) is 3.48. The van der Waals surface area contributed by atoms with Gasteiger partial charge >= 0.3 is 0 Å². The molecule has 2 aromatic rings. The van der Waals surface area contributed by atoms with Crippen molar-refractivity contribution in [2.24, 2.45) is 4.99 Å². The molecule has 120 valence electrons. The number of hydrogen-bond donors (Lipinski definition) is 2. The molecule has 6 nitrogen and oxygen atoms in total. The number of halogens is 1. The third kappa shape index (κ3) is 4.56. The standard InChI is InChI=1S/C15H22N6.HI/c1-2-16-15(18-12-8-9-12)17-10-5-7-14-20-19-13-6-3-4-11-21(13)14;/h3-4,6,11-12H,2,5,7-10H2,1H3,(H2,16,17,18);1H. The zero-order valence-electron chi connectivity index (χ0n) is 12.8.